The molecule has 134 heavy (non-hydrogen) atoms. The van der Waals surface area contributed by atoms with E-state index >= 15 is 0 Å². The summed E-state index contributed by atoms with van der Waals surface area (Å²) in [4.78, 5) is 11.7. The molecule has 0 saturated heterocycles. The van der Waals surface area contributed by atoms with E-state index in [2.05, 4.69) is 182 Å². The molecule has 7 aliphatic rings. The second-order valence-electron chi connectivity index (χ2n) is 40.8. The normalized spacial score (nSPS) is 20.6. The summed E-state index contributed by atoms with van der Waals surface area (Å²) < 4.78 is 97.5. The number of rotatable bonds is 37. The van der Waals surface area contributed by atoms with Crippen molar-refractivity contribution in [2.75, 3.05) is 13.2 Å². The topological polar surface area (TPSA) is 170 Å². The molecule has 7 aromatic carbocycles. The Kier molecular flexibility index (Phi) is 48.8. The fourth-order valence-corrected chi connectivity index (χ4v) is 18.5. The maximum atomic E-state index is 12.6. The highest BCUT2D eigenvalue weighted by Crippen LogP contribution is 2.62. The number of carbonyl (C=O) groups excluding carboxylic acids is 1. The Bertz CT molecular complexity index is 4250. The SMILES string of the molecule is CCC(C)(C)C(=O)Oc1ccc(O)cc1.CCC(C)c1ccc(C(C)(O)C(F)(F)F)cc1.CCC(C)c1ccc(O)cc1.CCC(C)c1ccc(OC(C)OC2CCCCC2)cc1.CCC(C)c1ccc(OC(C)OCCOC2CCCCC2)cc1.CCC(C)c1ccc(OC(OC(C)C)C23CC4CC(CC(C4)C2)C3)cc1.CCC(C)c1ccc(OC(OC2CCCCC2)C(C)C)cc1. The van der Waals surface area contributed by atoms with E-state index in [4.69, 9.17) is 57.6 Å². The first-order chi connectivity index (χ1) is 63.8. The average molecular weight is 1860 g/mol. The largest absolute Gasteiger partial charge is 0.508 e. The predicted molar refractivity (Wildman–Crippen MR) is 541 cm³/mol. The van der Waals surface area contributed by atoms with Crippen LogP contribution in [0.1, 0.15) is 407 Å². The van der Waals surface area contributed by atoms with Gasteiger partial charge in [-0.3, -0.25) is 4.79 Å². The lowest BCUT2D eigenvalue weighted by Gasteiger charge is -2.58. The molecule has 0 heterocycles. The molecule has 7 fully saturated rings. The number of halogens is 3. The fraction of sp³-hybridized carbons (Fsp3) is 0.632. The summed E-state index contributed by atoms with van der Waals surface area (Å²) in [5.41, 5.74) is 4.64. The van der Waals surface area contributed by atoms with Gasteiger partial charge in [0.05, 0.1) is 43.0 Å². The molecule has 0 aromatic heterocycles. The van der Waals surface area contributed by atoms with Crippen LogP contribution in [-0.2, 0) is 34.1 Å². The first-order valence-corrected chi connectivity index (χ1v) is 51.8. The van der Waals surface area contributed by atoms with E-state index in [0.29, 0.717) is 84.5 Å². The molecule has 17 heteroatoms. The van der Waals surface area contributed by atoms with Gasteiger partial charge < -0.3 is 62.7 Å². The number of hydrogen-bond acceptors (Lipinski definition) is 14. The number of phenols is 2. The lowest BCUT2D eigenvalue weighted by Crippen LogP contribution is -2.54. The third kappa shape index (κ3) is 38.3. The van der Waals surface area contributed by atoms with Crippen molar-refractivity contribution in [2.24, 2.45) is 34.5 Å². The minimum absolute atomic E-state index is 0.0923. The summed E-state index contributed by atoms with van der Waals surface area (Å²) in [6.07, 6.45) is 30.8. The van der Waals surface area contributed by atoms with Gasteiger partial charge in [0.25, 0.3) is 0 Å². The van der Waals surface area contributed by atoms with Crippen molar-refractivity contribution in [3.63, 3.8) is 0 Å². The van der Waals surface area contributed by atoms with Crippen LogP contribution in [0, 0.1) is 34.5 Å². The molecule has 7 aliphatic carbocycles. The van der Waals surface area contributed by atoms with E-state index in [9.17, 15) is 23.1 Å². The second kappa shape index (κ2) is 57.7. The van der Waals surface area contributed by atoms with E-state index in [1.165, 1.54) is 206 Å². The van der Waals surface area contributed by atoms with Crippen LogP contribution < -0.4 is 23.7 Å². The first kappa shape index (κ1) is 113. The van der Waals surface area contributed by atoms with E-state index in [0.717, 1.165) is 78.9 Å². The molecule has 4 bridgehead atoms. The Labute approximate surface area is 807 Å². The molecule has 0 spiro atoms. The number of aliphatic hydroxyl groups is 1. The first-order valence-electron chi connectivity index (χ1n) is 51.8. The van der Waals surface area contributed by atoms with Gasteiger partial charge in [-0.05, 0) is 348 Å². The zero-order valence-corrected chi connectivity index (χ0v) is 86.2. The van der Waals surface area contributed by atoms with Gasteiger partial charge in [0.2, 0.25) is 12.6 Å². The van der Waals surface area contributed by atoms with Crippen LogP contribution in [0.25, 0.3) is 0 Å². The average Bonchev–Trinajstić information content (AvgIpc) is 0.734. The summed E-state index contributed by atoms with van der Waals surface area (Å²) in [5, 5.41) is 27.6. The zero-order valence-electron chi connectivity index (χ0n) is 86.2. The molecule has 0 radical (unpaired) electrons. The van der Waals surface area contributed by atoms with Crippen molar-refractivity contribution in [1.82, 2.24) is 0 Å². The lowest BCUT2D eigenvalue weighted by molar-refractivity contribution is -0.258. The molecule has 14 rings (SSSR count). The Hall–Kier alpha value is -7.64. The summed E-state index contributed by atoms with van der Waals surface area (Å²) in [5.74, 6) is 10.8. The van der Waals surface area contributed by atoms with E-state index in [1.807, 2.05) is 72.7 Å². The van der Waals surface area contributed by atoms with E-state index in [1.54, 1.807) is 36.4 Å². The van der Waals surface area contributed by atoms with Gasteiger partial charge in [0.15, 0.2) is 18.2 Å². The number of hydrogen-bond donors (Lipinski definition) is 3. The fourth-order valence-electron chi connectivity index (χ4n) is 18.5. The molecule has 7 aromatic rings. The lowest BCUT2D eigenvalue weighted by atomic mass is 9.49. The van der Waals surface area contributed by atoms with Crippen molar-refractivity contribution in [1.29, 1.82) is 0 Å². The van der Waals surface area contributed by atoms with Gasteiger partial charge in [-0.2, -0.15) is 13.2 Å². The minimum atomic E-state index is -4.66. The standard InChI is InChI=1S/C24H36O2.C20H32O3.C20H32O2.C18H28O2.C13H17F3O.C12H16O3.C10H14O/c1-5-17(4)21-6-8-22(9-7-21)26-23(25-16(2)3)24-13-18-10-19(14-24)12-20(11-18)15-24;1-4-16(2)18-10-12-20(13-11-18)23-17(3)21-14-15-22-19-8-6-5-7-9-19;1-5-16(4)17-11-13-19(14-12-17)22-20(15(2)3)21-18-9-7-6-8-10-18;1-4-14(2)16-10-12-18(13-11-16)20-15(3)19-17-8-6-5-7-9-17;1-4-9(2)10-5-7-11(8-6-10)12(3,17)13(14,15)16;1-4-12(2,3)11(14)15-10-7-5-9(13)6-8-10;1-3-8(2)9-4-6-10(11)7-5-9/h6-9,16-20,23H,5,10-15H2,1-4H3;10-13,16-17,19H,4-9,14-15H2,1-3H3;11-16,18,20H,5-10H2,1-4H3;10-15,17H,4-9H2,1-3H3;5-9,17H,4H2,1-3H3;5-8,13H,4H2,1-3H3;4-8,11H,3H2,1-2H3. The van der Waals surface area contributed by atoms with Gasteiger partial charge in [0.1, 0.15) is 40.2 Å². The predicted octanol–water partition coefficient (Wildman–Crippen LogP) is 32.6. The van der Waals surface area contributed by atoms with Crippen LogP contribution in [0.15, 0.2) is 170 Å². The minimum Gasteiger partial charge on any atom is -0.508 e. The summed E-state index contributed by atoms with van der Waals surface area (Å²) in [6, 6.07) is 53.6. The molecular formula is C117H175F3O14. The Morgan fingerprint density at radius 3 is 1.04 bits per heavy atom. The number of alkyl halides is 3. The molecule has 0 amide bonds. The molecule has 11 unspecified atom stereocenters. The summed E-state index contributed by atoms with van der Waals surface area (Å²) in [7, 11) is 0. The molecule has 14 nitrogen and oxygen atoms in total. The number of esters is 1. The van der Waals surface area contributed by atoms with Crippen LogP contribution in [0.4, 0.5) is 13.2 Å². The van der Waals surface area contributed by atoms with Crippen molar-refractivity contribution in [3.8, 4) is 40.2 Å². The number of aromatic hydroxyl groups is 2. The van der Waals surface area contributed by atoms with E-state index < -0.39 is 17.2 Å². The number of benzene rings is 7. The van der Waals surface area contributed by atoms with Gasteiger partial charge in [-0.15, -0.1) is 0 Å². The molecule has 7 saturated carbocycles. The van der Waals surface area contributed by atoms with E-state index in [-0.39, 0.29) is 54.0 Å². The molecular weight excluding hydrogens is 1690 g/mol. The van der Waals surface area contributed by atoms with Crippen LogP contribution in [0.5, 0.6) is 40.2 Å². The highest BCUT2D eigenvalue weighted by atomic mass is 19.4. The molecule has 0 aliphatic heterocycles. The maximum Gasteiger partial charge on any atom is 0.421 e. The zero-order chi connectivity index (χ0) is 98.1. The highest BCUT2D eigenvalue weighted by molar-refractivity contribution is 5.78. The van der Waals surface area contributed by atoms with Gasteiger partial charge in [-0.1, -0.05) is 247 Å². The molecule has 3 N–H and O–H groups in total. The van der Waals surface area contributed by atoms with Crippen LogP contribution in [-0.4, -0.2) is 90.3 Å². The van der Waals surface area contributed by atoms with Gasteiger partial charge in [-0.25, -0.2) is 0 Å². The third-order valence-electron chi connectivity index (χ3n) is 28.8. The van der Waals surface area contributed by atoms with Crippen molar-refractivity contribution < 1.29 is 80.7 Å². The smallest absolute Gasteiger partial charge is 0.421 e. The number of phenolic OH excluding ortho intramolecular Hbond substituents is 2. The molecule has 11 atom stereocenters. The van der Waals surface area contributed by atoms with Crippen molar-refractivity contribution in [3.05, 3.63) is 209 Å². The monoisotopic (exact) mass is 1860 g/mol. The Balaban J connectivity index is 0.000000216. The van der Waals surface area contributed by atoms with Crippen LogP contribution in [0.3, 0.4) is 0 Å². The second-order valence-corrected chi connectivity index (χ2v) is 40.8. The third-order valence-corrected chi connectivity index (χ3v) is 28.8. The quantitative estimate of drug-likeness (QED) is 0.0145. The van der Waals surface area contributed by atoms with Crippen LogP contribution in [0.2, 0.25) is 0 Å². The highest BCUT2D eigenvalue weighted by Gasteiger charge is 2.56. The summed E-state index contributed by atoms with van der Waals surface area (Å²) >= 11 is 0. The number of carbonyl (C=O) groups is 1. The maximum absolute atomic E-state index is 12.6. The Morgan fingerprint density at radius 2 is 0.701 bits per heavy atom. The summed E-state index contributed by atoms with van der Waals surface area (Å²) in [6.45, 7) is 46.5. The van der Waals surface area contributed by atoms with Crippen molar-refractivity contribution in [2.45, 2.75) is 429 Å². The number of ether oxygens (including phenoxy) is 10. The van der Waals surface area contributed by atoms with Crippen LogP contribution >= 0.6 is 0 Å². The van der Waals surface area contributed by atoms with Crippen molar-refractivity contribution >= 4 is 5.97 Å². The molecule has 748 valence electrons. The van der Waals surface area contributed by atoms with Gasteiger partial charge in [0, 0.05) is 11.3 Å². The Morgan fingerprint density at radius 1 is 0.388 bits per heavy atom. The van der Waals surface area contributed by atoms with Gasteiger partial charge >= 0.3 is 12.1 Å².